The van der Waals surface area contributed by atoms with Crippen LogP contribution < -0.4 is 5.32 Å². The Balaban J connectivity index is 2.64. The molecule has 0 aliphatic heterocycles. The van der Waals surface area contributed by atoms with Crippen molar-refractivity contribution in [1.82, 2.24) is 9.88 Å². The Morgan fingerprint density at radius 3 is 2.58 bits per heavy atom. The summed E-state index contributed by atoms with van der Waals surface area (Å²) in [7, 11) is 0. The number of aliphatic carboxylic acids is 1. The average molecular weight is 266 g/mol. The number of nitrogens with one attached hydrogen (secondary N) is 1. The van der Waals surface area contributed by atoms with Crippen LogP contribution in [0.2, 0.25) is 0 Å². The van der Waals surface area contributed by atoms with E-state index in [1.54, 1.807) is 18.3 Å². The van der Waals surface area contributed by atoms with E-state index in [9.17, 15) is 9.59 Å². The molecular formula is C14H22N2O3. The van der Waals surface area contributed by atoms with Crippen LogP contribution in [0.4, 0.5) is 0 Å². The van der Waals surface area contributed by atoms with Gasteiger partial charge in [-0.25, -0.2) is 0 Å². The van der Waals surface area contributed by atoms with Crippen LogP contribution in [0, 0.1) is 11.3 Å². The number of nitrogens with zero attached hydrogens (tertiary/aromatic N) is 1. The highest BCUT2D eigenvalue weighted by atomic mass is 16.4. The molecule has 1 heterocycles. The maximum Gasteiger partial charge on any atom is 0.323 e. The fourth-order valence-corrected chi connectivity index (χ4v) is 1.55. The van der Waals surface area contributed by atoms with Gasteiger partial charge in [-0.15, -0.1) is 0 Å². The summed E-state index contributed by atoms with van der Waals surface area (Å²) < 4.78 is 1.43. The van der Waals surface area contributed by atoms with E-state index in [0.717, 1.165) is 0 Å². The molecule has 19 heavy (non-hydrogen) atoms. The minimum Gasteiger partial charge on any atom is -0.480 e. The summed E-state index contributed by atoms with van der Waals surface area (Å²) in [5.74, 6) is -0.866. The van der Waals surface area contributed by atoms with E-state index in [1.165, 1.54) is 4.57 Å². The first-order chi connectivity index (χ1) is 8.71. The highest BCUT2D eigenvalue weighted by Gasteiger charge is 2.21. The first-order valence-electron chi connectivity index (χ1n) is 6.37. The minimum absolute atomic E-state index is 0.121. The van der Waals surface area contributed by atoms with E-state index in [1.807, 2.05) is 0 Å². The number of rotatable bonds is 5. The molecule has 1 rings (SSSR count). The number of hydrogen-bond acceptors (Lipinski definition) is 2. The molecule has 0 aliphatic rings. The van der Waals surface area contributed by atoms with Crippen molar-refractivity contribution in [2.45, 2.75) is 34.2 Å². The quantitative estimate of drug-likeness (QED) is 0.856. The Labute approximate surface area is 113 Å². The van der Waals surface area contributed by atoms with E-state index in [0.29, 0.717) is 18.2 Å². The molecule has 1 unspecified atom stereocenters. The summed E-state index contributed by atoms with van der Waals surface area (Å²) in [6.07, 6.45) is 1.59. The van der Waals surface area contributed by atoms with E-state index >= 15 is 0 Å². The molecule has 0 spiro atoms. The summed E-state index contributed by atoms with van der Waals surface area (Å²) in [6, 6.07) is 3.30. The zero-order valence-electron chi connectivity index (χ0n) is 11.9. The van der Waals surface area contributed by atoms with Gasteiger partial charge in [-0.3, -0.25) is 9.59 Å². The van der Waals surface area contributed by atoms with Crippen LogP contribution in [0.3, 0.4) is 0 Å². The van der Waals surface area contributed by atoms with Gasteiger partial charge in [0.1, 0.15) is 12.2 Å². The molecule has 0 aromatic carbocycles. The average Bonchev–Trinajstić information content (AvgIpc) is 2.71. The van der Waals surface area contributed by atoms with Gasteiger partial charge in [-0.2, -0.15) is 0 Å². The Morgan fingerprint density at radius 2 is 2.05 bits per heavy atom. The summed E-state index contributed by atoms with van der Waals surface area (Å²) in [5, 5.41) is 11.6. The number of carbonyl (C=O) groups excluding carboxylic acids is 1. The largest absolute Gasteiger partial charge is 0.480 e. The normalized spacial score (nSPS) is 13.1. The fraction of sp³-hybridized carbons (Fsp3) is 0.571. The monoisotopic (exact) mass is 266 g/mol. The SMILES string of the molecule is CC(CNC(=O)c1cccn1CC(=O)O)C(C)(C)C. The molecule has 0 bridgehead atoms. The summed E-state index contributed by atoms with van der Waals surface area (Å²) in [4.78, 5) is 22.7. The molecule has 0 radical (unpaired) electrons. The fourth-order valence-electron chi connectivity index (χ4n) is 1.55. The smallest absolute Gasteiger partial charge is 0.323 e. The van der Waals surface area contributed by atoms with Crippen molar-refractivity contribution in [1.29, 1.82) is 0 Å². The maximum absolute atomic E-state index is 12.0. The number of carboxylic acid groups (broad SMARTS) is 1. The topological polar surface area (TPSA) is 71.3 Å². The molecule has 1 amide bonds. The molecule has 1 aromatic rings. The zero-order chi connectivity index (χ0) is 14.6. The summed E-state index contributed by atoms with van der Waals surface area (Å²) in [5.41, 5.74) is 0.500. The highest BCUT2D eigenvalue weighted by Crippen LogP contribution is 2.24. The number of aromatic nitrogens is 1. The van der Waals surface area contributed by atoms with Gasteiger partial charge < -0.3 is 15.0 Å². The van der Waals surface area contributed by atoms with Crippen LogP contribution >= 0.6 is 0 Å². The van der Waals surface area contributed by atoms with Gasteiger partial charge >= 0.3 is 5.97 Å². The Kier molecular flexibility index (Phi) is 4.75. The van der Waals surface area contributed by atoms with Crippen molar-refractivity contribution >= 4 is 11.9 Å². The third kappa shape index (κ3) is 4.43. The second-order valence-electron chi connectivity index (χ2n) is 5.89. The second kappa shape index (κ2) is 5.91. The molecule has 5 heteroatoms. The Bertz CT molecular complexity index is 458. The number of hydrogen-bond donors (Lipinski definition) is 2. The predicted molar refractivity (Wildman–Crippen MR) is 73.0 cm³/mol. The lowest BCUT2D eigenvalue weighted by molar-refractivity contribution is -0.137. The lowest BCUT2D eigenvalue weighted by Gasteiger charge is -2.27. The van der Waals surface area contributed by atoms with Crippen molar-refractivity contribution in [2.75, 3.05) is 6.54 Å². The molecule has 0 saturated carbocycles. The maximum atomic E-state index is 12.0. The molecule has 0 saturated heterocycles. The van der Waals surface area contributed by atoms with Gasteiger partial charge in [0, 0.05) is 12.7 Å². The zero-order valence-corrected chi connectivity index (χ0v) is 11.9. The first kappa shape index (κ1) is 15.3. The number of carboxylic acids is 1. The van der Waals surface area contributed by atoms with Crippen molar-refractivity contribution in [3.05, 3.63) is 24.0 Å². The Hall–Kier alpha value is -1.78. The molecule has 0 fully saturated rings. The van der Waals surface area contributed by atoms with E-state index < -0.39 is 5.97 Å². The molecule has 1 aromatic heterocycles. The molecule has 2 N–H and O–H groups in total. The van der Waals surface area contributed by atoms with Crippen molar-refractivity contribution in [2.24, 2.45) is 11.3 Å². The molecule has 1 atom stereocenters. The van der Waals surface area contributed by atoms with E-state index in [2.05, 4.69) is 33.0 Å². The molecule has 0 aliphatic carbocycles. The van der Waals surface area contributed by atoms with Crippen LogP contribution in [-0.2, 0) is 11.3 Å². The van der Waals surface area contributed by atoms with Crippen LogP contribution in [0.15, 0.2) is 18.3 Å². The van der Waals surface area contributed by atoms with Gasteiger partial charge in [0.25, 0.3) is 5.91 Å². The molecule has 106 valence electrons. The first-order valence-corrected chi connectivity index (χ1v) is 6.37. The highest BCUT2D eigenvalue weighted by molar-refractivity contribution is 5.93. The number of amides is 1. The van der Waals surface area contributed by atoms with Crippen molar-refractivity contribution in [3.8, 4) is 0 Å². The van der Waals surface area contributed by atoms with Crippen LogP contribution in [-0.4, -0.2) is 28.1 Å². The molecular weight excluding hydrogens is 244 g/mol. The van der Waals surface area contributed by atoms with Crippen molar-refractivity contribution < 1.29 is 14.7 Å². The predicted octanol–water partition coefficient (Wildman–Crippen LogP) is 1.98. The third-order valence-electron chi connectivity index (χ3n) is 3.41. The standard InChI is InChI=1S/C14H22N2O3/c1-10(14(2,3)4)8-15-13(19)11-6-5-7-16(11)9-12(17)18/h5-7,10H,8-9H2,1-4H3,(H,15,19)(H,17,18). The van der Waals surface area contributed by atoms with Crippen molar-refractivity contribution in [3.63, 3.8) is 0 Å². The minimum atomic E-state index is -0.965. The lowest BCUT2D eigenvalue weighted by atomic mass is 9.82. The van der Waals surface area contributed by atoms with Gasteiger partial charge in [0.05, 0.1) is 0 Å². The lowest BCUT2D eigenvalue weighted by Crippen LogP contribution is -2.34. The Morgan fingerprint density at radius 1 is 1.42 bits per heavy atom. The van der Waals surface area contributed by atoms with Crippen LogP contribution in [0.1, 0.15) is 38.2 Å². The number of carbonyl (C=O) groups is 2. The summed E-state index contributed by atoms with van der Waals surface area (Å²) in [6.45, 7) is 8.81. The van der Waals surface area contributed by atoms with Crippen LogP contribution in [0.5, 0.6) is 0 Å². The van der Waals surface area contributed by atoms with E-state index in [4.69, 9.17) is 5.11 Å². The van der Waals surface area contributed by atoms with Gasteiger partial charge in [0.2, 0.25) is 0 Å². The summed E-state index contributed by atoms with van der Waals surface area (Å²) >= 11 is 0. The van der Waals surface area contributed by atoms with Gasteiger partial charge in [-0.05, 0) is 23.5 Å². The second-order valence-corrected chi connectivity index (χ2v) is 5.89. The van der Waals surface area contributed by atoms with Gasteiger partial charge in [0.15, 0.2) is 0 Å². The molecule has 5 nitrogen and oxygen atoms in total. The van der Waals surface area contributed by atoms with E-state index in [-0.39, 0.29) is 17.9 Å². The van der Waals surface area contributed by atoms with Crippen LogP contribution in [0.25, 0.3) is 0 Å². The van der Waals surface area contributed by atoms with Gasteiger partial charge in [-0.1, -0.05) is 27.7 Å². The third-order valence-corrected chi connectivity index (χ3v) is 3.41.